The molecule has 5 N–H and O–H groups in total. The van der Waals surface area contributed by atoms with Crippen molar-refractivity contribution in [3.05, 3.63) is 64.2 Å². The first kappa shape index (κ1) is 30.9. The molecular weight excluding hydrogens is 547 g/mol. The van der Waals surface area contributed by atoms with Crippen LogP contribution in [0.15, 0.2) is 57.8 Å². The number of carbonyl (C=O) groups excluding carboxylic acids is 2. The van der Waals surface area contributed by atoms with Crippen LogP contribution >= 0.6 is 11.6 Å². The summed E-state index contributed by atoms with van der Waals surface area (Å²) in [5.74, 6) is 4.35. The lowest BCUT2D eigenvalue weighted by molar-refractivity contribution is -0.137. The summed E-state index contributed by atoms with van der Waals surface area (Å²) in [6, 6.07) is 9.09. The number of anilines is 1. The summed E-state index contributed by atoms with van der Waals surface area (Å²) in [6.07, 6.45) is -1.35. The maximum atomic E-state index is 13.5. The molecule has 9 nitrogen and oxygen atoms in total. The fourth-order valence-corrected chi connectivity index (χ4v) is 5.13. The van der Waals surface area contributed by atoms with Crippen LogP contribution in [-0.4, -0.2) is 28.8 Å². The molecular formula is C27H33ClF3N7O2. The molecule has 0 saturated heterocycles. The van der Waals surface area contributed by atoms with Crippen molar-refractivity contribution in [1.29, 1.82) is 0 Å². The molecule has 0 aromatic heterocycles. The molecule has 1 aliphatic carbocycles. The van der Waals surface area contributed by atoms with E-state index >= 15 is 0 Å². The van der Waals surface area contributed by atoms with Crippen molar-refractivity contribution in [1.82, 2.24) is 4.90 Å². The van der Waals surface area contributed by atoms with E-state index in [1.165, 1.54) is 24.3 Å². The Balaban J connectivity index is 1.85. The number of nitrogens with zero attached hydrogens (tertiary/aromatic N) is 4. The Morgan fingerprint density at radius 2 is 1.68 bits per heavy atom. The number of hydrogen-bond donors (Lipinski definition) is 3. The second kappa shape index (κ2) is 12.7. The number of benzene rings is 2. The Kier molecular flexibility index (Phi) is 9.78. The van der Waals surface area contributed by atoms with Crippen molar-refractivity contribution >= 4 is 35.2 Å². The molecule has 1 saturated carbocycles. The number of aliphatic imine (C=N–C) groups is 1. The first-order valence-corrected chi connectivity index (χ1v) is 13.1. The van der Waals surface area contributed by atoms with Gasteiger partial charge in [0.15, 0.2) is 0 Å². The minimum atomic E-state index is -4.66. The molecule has 13 heteroatoms. The van der Waals surface area contributed by atoms with Gasteiger partial charge in [-0.25, -0.2) is 4.79 Å². The van der Waals surface area contributed by atoms with Gasteiger partial charge >= 0.3 is 12.2 Å². The molecule has 3 rings (SSSR count). The third-order valence-electron chi connectivity index (χ3n) is 7.10. The fraction of sp³-hybridized carbons (Fsp3) is 0.444. The predicted octanol–water partition coefficient (Wildman–Crippen LogP) is 6.78. The largest absolute Gasteiger partial charge is 0.417 e. The highest BCUT2D eigenvalue weighted by atomic mass is 35.5. The fourth-order valence-electron chi connectivity index (χ4n) is 4.85. The Morgan fingerprint density at radius 1 is 1.05 bits per heavy atom. The monoisotopic (exact) mass is 579 g/mol. The highest BCUT2D eigenvalue weighted by molar-refractivity contribution is 6.34. The van der Waals surface area contributed by atoms with E-state index in [9.17, 15) is 22.8 Å². The zero-order valence-electron chi connectivity index (χ0n) is 22.5. The van der Waals surface area contributed by atoms with E-state index in [0.717, 1.165) is 31.7 Å². The van der Waals surface area contributed by atoms with E-state index in [2.05, 4.69) is 41.4 Å². The van der Waals surface area contributed by atoms with Gasteiger partial charge in [-0.05, 0) is 66.8 Å². The lowest BCUT2D eigenvalue weighted by Gasteiger charge is -2.41. The van der Waals surface area contributed by atoms with Crippen LogP contribution in [-0.2, 0) is 12.7 Å². The average molecular weight is 580 g/mol. The standard InChI is InChI=1S/C27H33ClF3N7O2/c1-26(2,3)18-11-13-19(14-12-18)38(25(40)34-21-6-4-5-20(22(21)28)27(29,30)31)15-16-7-9-17(10-8-16)23(39)35-24(32)36-37-33/h4-10,18-19H,11-15H2,1-3H3,(H,34,40)(H4,32,33,35,36,39). The normalized spacial score (nSPS) is 18.5. The topological polar surface area (TPSA) is 139 Å². The van der Waals surface area contributed by atoms with Crippen molar-refractivity contribution in [3.8, 4) is 0 Å². The Hall–Kier alpha value is -3.67. The molecule has 216 valence electrons. The van der Waals surface area contributed by atoms with Gasteiger partial charge in [0, 0.05) is 18.2 Å². The highest BCUT2D eigenvalue weighted by Crippen LogP contribution is 2.40. The summed E-state index contributed by atoms with van der Waals surface area (Å²) < 4.78 is 40.1. The molecule has 0 radical (unpaired) electrons. The van der Waals surface area contributed by atoms with Crippen molar-refractivity contribution < 1.29 is 22.8 Å². The van der Waals surface area contributed by atoms with E-state index < -0.39 is 34.7 Å². The number of rotatable bonds is 5. The van der Waals surface area contributed by atoms with Crippen LogP contribution in [0.5, 0.6) is 0 Å². The first-order chi connectivity index (χ1) is 18.7. The minimum Gasteiger partial charge on any atom is -0.366 e. The van der Waals surface area contributed by atoms with Gasteiger partial charge in [0.2, 0.25) is 5.96 Å². The summed E-state index contributed by atoms with van der Waals surface area (Å²) >= 11 is 6.04. The maximum absolute atomic E-state index is 13.5. The van der Waals surface area contributed by atoms with Crippen molar-refractivity contribution in [2.24, 2.45) is 38.2 Å². The zero-order chi connectivity index (χ0) is 29.7. The lowest BCUT2D eigenvalue weighted by Crippen LogP contribution is -2.45. The lowest BCUT2D eigenvalue weighted by atomic mass is 9.71. The van der Waals surface area contributed by atoms with E-state index in [1.54, 1.807) is 17.0 Å². The number of urea groups is 1. The Labute approximate surface area is 235 Å². The van der Waals surface area contributed by atoms with Crippen LogP contribution < -0.4 is 16.9 Å². The van der Waals surface area contributed by atoms with Crippen LogP contribution in [0.3, 0.4) is 0 Å². The number of halogens is 4. The van der Waals surface area contributed by atoms with Crippen LogP contribution in [0.25, 0.3) is 0 Å². The Morgan fingerprint density at radius 3 is 2.23 bits per heavy atom. The molecule has 0 atom stereocenters. The van der Waals surface area contributed by atoms with E-state index in [0.29, 0.717) is 11.5 Å². The minimum absolute atomic E-state index is 0.124. The van der Waals surface area contributed by atoms with Crippen LogP contribution in [0.4, 0.5) is 23.7 Å². The summed E-state index contributed by atoms with van der Waals surface area (Å²) in [6.45, 7) is 6.74. The summed E-state index contributed by atoms with van der Waals surface area (Å²) in [7, 11) is 0. The first-order valence-electron chi connectivity index (χ1n) is 12.7. The highest BCUT2D eigenvalue weighted by Gasteiger charge is 2.36. The second-order valence-corrected chi connectivity index (χ2v) is 11.2. The molecule has 0 unspecified atom stereocenters. The van der Waals surface area contributed by atoms with Gasteiger partial charge in [-0.15, -0.1) is 0 Å². The van der Waals surface area contributed by atoms with Gasteiger partial charge in [-0.1, -0.05) is 60.9 Å². The van der Waals surface area contributed by atoms with Crippen molar-refractivity contribution in [3.63, 3.8) is 0 Å². The maximum Gasteiger partial charge on any atom is 0.417 e. The van der Waals surface area contributed by atoms with Gasteiger partial charge < -0.3 is 21.8 Å². The van der Waals surface area contributed by atoms with Gasteiger partial charge in [0.1, 0.15) is 0 Å². The molecule has 1 fully saturated rings. The second-order valence-electron chi connectivity index (χ2n) is 10.8. The van der Waals surface area contributed by atoms with Crippen LogP contribution in [0.2, 0.25) is 5.02 Å². The molecule has 2 aromatic rings. The van der Waals surface area contributed by atoms with Gasteiger partial charge in [-0.3, -0.25) is 4.79 Å². The van der Waals surface area contributed by atoms with E-state index in [4.69, 9.17) is 23.2 Å². The number of carbonyl (C=O) groups is 2. The SMILES string of the molecule is CC(C)(C)C1CCC(N(Cc2ccc(C(=O)N=C(N)/N=N\N)cc2)C(=O)Nc2cccc(C(F)(F)F)c2Cl)CC1. The quantitative estimate of drug-likeness (QED) is 0.118. The summed E-state index contributed by atoms with van der Waals surface area (Å²) in [4.78, 5) is 31.0. The number of nitrogens with one attached hydrogen (secondary N) is 1. The summed E-state index contributed by atoms with van der Waals surface area (Å²) in [5.41, 5.74) is 5.36. The number of hydrogen-bond acceptors (Lipinski definition) is 3. The van der Waals surface area contributed by atoms with Crippen molar-refractivity contribution in [2.75, 3.05) is 5.32 Å². The average Bonchev–Trinajstić information content (AvgIpc) is 2.87. The number of alkyl halides is 3. The number of guanidine groups is 1. The van der Waals surface area contributed by atoms with E-state index in [1.807, 2.05) is 0 Å². The number of nitrogens with two attached hydrogens (primary N) is 2. The van der Waals surface area contributed by atoms with Gasteiger partial charge in [0.25, 0.3) is 5.91 Å². The molecule has 0 aliphatic heterocycles. The molecule has 0 bridgehead atoms. The van der Waals surface area contributed by atoms with Crippen LogP contribution in [0, 0.1) is 11.3 Å². The molecule has 2 aromatic carbocycles. The molecule has 40 heavy (non-hydrogen) atoms. The third-order valence-corrected chi connectivity index (χ3v) is 7.51. The van der Waals surface area contributed by atoms with E-state index in [-0.39, 0.29) is 29.3 Å². The molecule has 3 amide bonds. The molecule has 1 aliphatic rings. The Bertz CT molecular complexity index is 1270. The van der Waals surface area contributed by atoms with Gasteiger partial charge in [0.05, 0.1) is 16.3 Å². The predicted molar refractivity (Wildman–Crippen MR) is 148 cm³/mol. The van der Waals surface area contributed by atoms with Gasteiger partial charge in [-0.2, -0.15) is 18.2 Å². The van der Waals surface area contributed by atoms with Crippen molar-refractivity contribution in [2.45, 2.75) is 65.2 Å². The third kappa shape index (κ3) is 7.93. The van der Waals surface area contributed by atoms with Crippen LogP contribution in [0.1, 0.15) is 67.9 Å². The zero-order valence-corrected chi connectivity index (χ0v) is 23.3. The summed E-state index contributed by atoms with van der Waals surface area (Å²) in [5, 5.41) is 8.27. The molecule has 0 heterocycles. The smallest absolute Gasteiger partial charge is 0.366 e. The number of amides is 3. The molecule has 0 spiro atoms.